The van der Waals surface area contributed by atoms with Gasteiger partial charge in [-0.1, -0.05) is 6.92 Å². The van der Waals surface area contributed by atoms with Gasteiger partial charge in [0.05, 0.1) is 0 Å². The van der Waals surface area contributed by atoms with Crippen molar-refractivity contribution in [1.82, 2.24) is 5.43 Å². The van der Waals surface area contributed by atoms with Gasteiger partial charge in [-0.25, -0.2) is 14.3 Å². The molecule has 0 saturated carbocycles. The Kier molecular flexibility index (Phi) is 3.84. The van der Waals surface area contributed by atoms with Crippen molar-refractivity contribution in [3.8, 4) is 0 Å². The number of hydrogen-bond acceptors (Lipinski definition) is 5. The zero-order valence-corrected chi connectivity index (χ0v) is 7.35. The number of nitrogens with one attached hydrogen (secondary N) is 1. The normalized spacial score (nSPS) is 10.8. The van der Waals surface area contributed by atoms with Crippen LogP contribution in [0.5, 0.6) is 0 Å². The minimum atomic E-state index is -3.44. The molecule has 0 rings (SSSR count). The van der Waals surface area contributed by atoms with Crippen molar-refractivity contribution in [3.05, 3.63) is 0 Å². The molecule has 0 aliphatic heterocycles. The third kappa shape index (κ3) is 3.44. The van der Waals surface area contributed by atoms with Crippen LogP contribution in [0.1, 0.15) is 6.92 Å². The van der Waals surface area contributed by atoms with E-state index >= 15 is 0 Å². The number of amides is 1. The van der Waals surface area contributed by atoms with Crippen molar-refractivity contribution in [2.75, 3.05) is 11.5 Å². The Hall–Kier alpha value is -0.950. The molecule has 0 aromatic carbocycles. The molecule has 0 saturated heterocycles. The van der Waals surface area contributed by atoms with E-state index in [-0.39, 0.29) is 5.75 Å². The van der Waals surface area contributed by atoms with Crippen LogP contribution in [0.4, 0.5) is 0 Å². The highest BCUT2D eigenvalue weighted by Gasteiger charge is 2.19. The number of hydrazine groups is 1. The van der Waals surface area contributed by atoms with Gasteiger partial charge >= 0.3 is 5.91 Å². The fourth-order valence-corrected chi connectivity index (χ4v) is 1.18. The lowest BCUT2D eigenvalue weighted by Gasteiger charge is -1.98. The molecule has 0 atom stereocenters. The summed E-state index contributed by atoms with van der Waals surface area (Å²) < 4.78 is 21.6. The van der Waals surface area contributed by atoms with E-state index in [1.54, 1.807) is 5.43 Å². The van der Waals surface area contributed by atoms with Crippen LogP contribution in [0.2, 0.25) is 0 Å². The number of rotatable bonds is 4. The van der Waals surface area contributed by atoms with Gasteiger partial charge in [0.1, 0.15) is 5.75 Å². The van der Waals surface area contributed by atoms with E-state index in [1.807, 2.05) is 0 Å². The lowest BCUT2D eigenvalue weighted by Crippen LogP contribution is -2.39. The zero-order chi connectivity index (χ0) is 9.78. The van der Waals surface area contributed by atoms with E-state index < -0.39 is 27.3 Å². The lowest BCUT2D eigenvalue weighted by atomic mass is 10.4. The molecule has 1 amide bonds. The van der Waals surface area contributed by atoms with Gasteiger partial charge in [-0.2, -0.15) is 0 Å². The fourth-order valence-electron chi connectivity index (χ4n) is 0.448. The summed E-state index contributed by atoms with van der Waals surface area (Å²) in [5.41, 5.74) is 1.56. The molecule has 0 radical (unpaired) electrons. The standard InChI is InChI=1S/C5H10N2O4S/c1-2-12(10,11)3-4(8)5(9)7-6/h2-3,6H2,1H3,(H,7,9). The van der Waals surface area contributed by atoms with Crippen LogP contribution in [0, 0.1) is 0 Å². The van der Waals surface area contributed by atoms with Crippen LogP contribution < -0.4 is 11.3 Å². The highest BCUT2D eigenvalue weighted by atomic mass is 32.2. The summed E-state index contributed by atoms with van der Waals surface area (Å²) in [7, 11) is -3.44. The highest BCUT2D eigenvalue weighted by Crippen LogP contribution is 1.89. The second kappa shape index (κ2) is 4.17. The minimum absolute atomic E-state index is 0.170. The zero-order valence-electron chi connectivity index (χ0n) is 6.53. The van der Waals surface area contributed by atoms with Gasteiger partial charge in [-0.05, 0) is 0 Å². The average Bonchev–Trinajstić information content (AvgIpc) is 2.02. The van der Waals surface area contributed by atoms with Crippen molar-refractivity contribution >= 4 is 21.5 Å². The number of ketones is 1. The molecule has 0 unspecified atom stereocenters. The summed E-state index contributed by atoms with van der Waals surface area (Å²) >= 11 is 0. The van der Waals surface area contributed by atoms with Crippen LogP contribution in [0.25, 0.3) is 0 Å². The van der Waals surface area contributed by atoms with E-state index in [0.29, 0.717) is 0 Å². The molecule has 0 fully saturated rings. The lowest BCUT2D eigenvalue weighted by molar-refractivity contribution is -0.136. The van der Waals surface area contributed by atoms with E-state index in [9.17, 15) is 18.0 Å². The van der Waals surface area contributed by atoms with Gasteiger partial charge in [0.15, 0.2) is 9.84 Å². The third-order valence-corrected chi connectivity index (χ3v) is 2.76. The number of nitrogens with two attached hydrogens (primary N) is 1. The Morgan fingerprint density at radius 3 is 2.25 bits per heavy atom. The van der Waals surface area contributed by atoms with Crippen LogP contribution in [0.15, 0.2) is 0 Å². The molecule has 70 valence electrons. The minimum Gasteiger partial charge on any atom is -0.288 e. The van der Waals surface area contributed by atoms with Gasteiger partial charge < -0.3 is 0 Å². The maximum absolute atomic E-state index is 10.8. The number of hydrogen-bond donors (Lipinski definition) is 2. The van der Waals surface area contributed by atoms with Crippen molar-refractivity contribution in [3.63, 3.8) is 0 Å². The predicted octanol–water partition coefficient (Wildman–Crippen LogP) is -2.02. The van der Waals surface area contributed by atoms with Crippen LogP contribution in [0.3, 0.4) is 0 Å². The Bertz CT molecular complexity index is 282. The molecule has 0 spiro atoms. The van der Waals surface area contributed by atoms with E-state index in [4.69, 9.17) is 0 Å². The number of carbonyl (C=O) groups is 2. The Labute approximate surface area is 70.0 Å². The molecule has 0 aromatic rings. The largest absolute Gasteiger partial charge is 0.302 e. The maximum atomic E-state index is 10.8. The summed E-state index contributed by atoms with van der Waals surface area (Å²) in [5, 5.41) is 0. The number of Topliss-reactive ketones (excluding diaryl/α,β-unsaturated/α-hetero) is 1. The maximum Gasteiger partial charge on any atom is 0.302 e. The van der Waals surface area contributed by atoms with E-state index in [1.165, 1.54) is 6.92 Å². The Morgan fingerprint density at radius 2 is 1.92 bits per heavy atom. The van der Waals surface area contributed by atoms with Crippen molar-refractivity contribution in [2.24, 2.45) is 5.84 Å². The molecular formula is C5H10N2O4S. The summed E-state index contributed by atoms with van der Waals surface area (Å²) in [6.07, 6.45) is 0. The summed E-state index contributed by atoms with van der Waals surface area (Å²) in [6.45, 7) is 1.39. The van der Waals surface area contributed by atoms with Gasteiger partial charge in [0.25, 0.3) is 0 Å². The first-order valence-corrected chi connectivity index (χ1v) is 4.99. The van der Waals surface area contributed by atoms with Gasteiger partial charge in [-0.15, -0.1) is 0 Å². The molecule has 6 nitrogen and oxygen atoms in total. The Balaban J connectivity index is 4.30. The molecule has 7 heteroatoms. The number of sulfone groups is 1. The SMILES string of the molecule is CCS(=O)(=O)CC(=O)C(=O)NN. The highest BCUT2D eigenvalue weighted by molar-refractivity contribution is 7.92. The Morgan fingerprint density at radius 1 is 1.42 bits per heavy atom. The van der Waals surface area contributed by atoms with Crippen molar-refractivity contribution in [1.29, 1.82) is 0 Å². The summed E-state index contributed by atoms with van der Waals surface area (Å²) in [4.78, 5) is 21.1. The predicted molar refractivity (Wildman–Crippen MR) is 41.7 cm³/mol. The first-order chi connectivity index (χ1) is 5.43. The molecule has 0 bridgehead atoms. The monoisotopic (exact) mass is 194 g/mol. The fraction of sp³-hybridized carbons (Fsp3) is 0.600. The summed E-state index contributed by atoms with van der Waals surface area (Å²) in [5.74, 6) is 1.53. The first kappa shape index (κ1) is 11.1. The molecule has 0 heterocycles. The average molecular weight is 194 g/mol. The third-order valence-electron chi connectivity index (χ3n) is 1.18. The quantitative estimate of drug-likeness (QED) is 0.232. The van der Waals surface area contributed by atoms with Crippen molar-refractivity contribution < 1.29 is 18.0 Å². The molecule has 0 aromatic heterocycles. The van der Waals surface area contributed by atoms with Crippen LogP contribution in [-0.4, -0.2) is 31.6 Å². The van der Waals surface area contributed by atoms with Gasteiger partial charge in [-0.3, -0.25) is 15.0 Å². The second-order valence-corrected chi connectivity index (χ2v) is 4.43. The van der Waals surface area contributed by atoms with E-state index in [2.05, 4.69) is 5.84 Å². The molecule has 0 aliphatic carbocycles. The molecule has 12 heavy (non-hydrogen) atoms. The van der Waals surface area contributed by atoms with Gasteiger partial charge in [0, 0.05) is 5.75 Å². The number of carbonyl (C=O) groups excluding carboxylic acids is 2. The first-order valence-electron chi connectivity index (χ1n) is 3.17. The summed E-state index contributed by atoms with van der Waals surface area (Å²) in [6, 6.07) is 0. The molecule has 3 N–H and O–H groups in total. The van der Waals surface area contributed by atoms with Crippen LogP contribution in [-0.2, 0) is 19.4 Å². The second-order valence-electron chi connectivity index (χ2n) is 2.07. The molecular weight excluding hydrogens is 184 g/mol. The topological polar surface area (TPSA) is 106 Å². The van der Waals surface area contributed by atoms with Gasteiger partial charge in [0.2, 0.25) is 5.78 Å². The molecule has 0 aliphatic rings. The van der Waals surface area contributed by atoms with E-state index in [0.717, 1.165) is 0 Å². The van der Waals surface area contributed by atoms with Crippen LogP contribution >= 0.6 is 0 Å². The smallest absolute Gasteiger partial charge is 0.288 e. The van der Waals surface area contributed by atoms with Crippen molar-refractivity contribution in [2.45, 2.75) is 6.92 Å².